The van der Waals surface area contributed by atoms with Gasteiger partial charge in [-0.3, -0.25) is 4.79 Å². The third kappa shape index (κ3) is 3.64. The van der Waals surface area contributed by atoms with Gasteiger partial charge in [-0.25, -0.2) is 0 Å². The van der Waals surface area contributed by atoms with Crippen molar-refractivity contribution in [2.24, 2.45) is 5.73 Å². The van der Waals surface area contributed by atoms with Crippen LogP contribution in [0.2, 0.25) is 0 Å². The Kier molecular flexibility index (Phi) is 3.59. The number of carbonyl (C=O) groups is 1. The first-order valence-corrected chi connectivity index (χ1v) is 4.57. The summed E-state index contributed by atoms with van der Waals surface area (Å²) in [7, 11) is 0. The van der Waals surface area contributed by atoms with E-state index in [1.54, 1.807) is 0 Å². The predicted octanol–water partition coefficient (Wildman–Crippen LogP) is 2.75. The molecule has 0 saturated carbocycles. The lowest BCUT2D eigenvalue weighted by Crippen LogP contribution is -2.16. The number of rotatable bonds is 2. The van der Waals surface area contributed by atoms with Gasteiger partial charge in [0, 0.05) is 0 Å². The van der Waals surface area contributed by atoms with Crippen LogP contribution >= 0.6 is 0 Å². The van der Waals surface area contributed by atoms with Crippen molar-refractivity contribution in [3.8, 4) is 0 Å². The molecule has 0 bridgehead atoms. The Morgan fingerprint density at radius 1 is 0.944 bits per heavy atom. The molecule has 100 valence electrons. The van der Waals surface area contributed by atoms with Gasteiger partial charge in [0.2, 0.25) is 5.91 Å². The average molecular weight is 271 g/mol. The Morgan fingerprint density at radius 2 is 1.33 bits per heavy atom. The van der Waals surface area contributed by atoms with Crippen LogP contribution in [0.25, 0.3) is 0 Å². The van der Waals surface area contributed by atoms with E-state index in [4.69, 9.17) is 5.73 Å². The largest absolute Gasteiger partial charge is 0.416 e. The number of benzene rings is 1. The summed E-state index contributed by atoms with van der Waals surface area (Å²) >= 11 is 0. The number of halogens is 6. The minimum atomic E-state index is -4.92. The molecular formula is C10H7F6NO. The first-order chi connectivity index (χ1) is 8.00. The van der Waals surface area contributed by atoms with Crippen LogP contribution in [0.4, 0.5) is 26.3 Å². The van der Waals surface area contributed by atoms with E-state index < -0.39 is 41.4 Å². The summed E-state index contributed by atoms with van der Waals surface area (Å²) in [4.78, 5) is 10.6. The Balaban J connectivity index is 3.34. The van der Waals surface area contributed by atoms with Crippen LogP contribution in [-0.2, 0) is 23.6 Å². The third-order valence-electron chi connectivity index (χ3n) is 2.03. The van der Waals surface area contributed by atoms with Gasteiger partial charge < -0.3 is 5.73 Å². The van der Waals surface area contributed by atoms with Gasteiger partial charge in [-0.15, -0.1) is 0 Å². The van der Waals surface area contributed by atoms with Gasteiger partial charge >= 0.3 is 12.4 Å². The highest BCUT2D eigenvalue weighted by Gasteiger charge is 2.36. The molecule has 0 aliphatic carbocycles. The second kappa shape index (κ2) is 4.51. The fraction of sp³-hybridized carbons (Fsp3) is 0.300. The fourth-order valence-electron chi connectivity index (χ4n) is 1.32. The van der Waals surface area contributed by atoms with Crippen LogP contribution in [0.5, 0.6) is 0 Å². The van der Waals surface area contributed by atoms with Crippen LogP contribution in [-0.4, -0.2) is 5.91 Å². The SMILES string of the molecule is NC(=O)Cc1cc(C(F)(F)F)cc(C(F)(F)F)c1. The van der Waals surface area contributed by atoms with Crippen LogP contribution in [0.15, 0.2) is 18.2 Å². The van der Waals surface area contributed by atoms with Gasteiger partial charge in [0.05, 0.1) is 17.5 Å². The minimum Gasteiger partial charge on any atom is -0.369 e. The molecule has 0 aliphatic rings. The van der Waals surface area contributed by atoms with E-state index in [9.17, 15) is 31.1 Å². The summed E-state index contributed by atoms with van der Waals surface area (Å²) < 4.78 is 74.3. The molecule has 0 unspecified atom stereocenters. The van der Waals surface area contributed by atoms with Crippen molar-refractivity contribution in [2.75, 3.05) is 0 Å². The van der Waals surface area contributed by atoms with E-state index in [1.165, 1.54) is 0 Å². The maximum absolute atomic E-state index is 12.4. The molecule has 1 rings (SSSR count). The number of amides is 1. The average Bonchev–Trinajstić information content (AvgIpc) is 2.13. The maximum atomic E-state index is 12.4. The zero-order chi connectivity index (χ0) is 14.1. The minimum absolute atomic E-state index is 0.00943. The zero-order valence-electron chi connectivity index (χ0n) is 8.69. The van der Waals surface area contributed by atoms with Crippen LogP contribution in [0.3, 0.4) is 0 Å². The first-order valence-electron chi connectivity index (χ1n) is 4.57. The lowest BCUT2D eigenvalue weighted by atomic mass is 10.0. The summed E-state index contributed by atoms with van der Waals surface area (Å²) in [5, 5.41) is 0. The molecule has 2 nitrogen and oxygen atoms in total. The highest BCUT2D eigenvalue weighted by Crippen LogP contribution is 2.36. The molecule has 0 fully saturated rings. The molecule has 0 radical (unpaired) electrons. The van der Waals surface area contributed by atoms with Crippen molar-refractivity contribution in [1.82, 2.24) is 0 Å². The molecule has 0 aromatic heterocycles. The molecule has 18 heavy (non-hydrogen) atoms. The molecule has 0 heterocycles. The summed E-state index contributed by atoms with van der Waals surface area (Å²) in [5.41, 5.74) is 1.39. The van der Waals surface area contributed by atoms with Crippen molar-refractivity contribution in [1.29, 1.82) is 0 Å². The molecule has 2 N–H and O–H groups in total. The monoisotopic (exact) mass is 271 g/mol. The van der Waals surface area contributed by atoms with Gasteiger partial charge in [-0.2, -0.15) is 26.3 Å². The summed E-state index contributed by atoms with van der Waals surface area (Å²) in [6, 6.07) is 0.935. The molecule has 1 aromatic rings. The number of nitrogens with two attached hydrogens (primary N) is 1. The second-order valence-electron chi connectivity index (χ2n) is 3.56. The van der Waals surface area contributed by atoms with Gasteiger partial charge in [0.1, 0.15) is 0 Å². The standard InChI is InChI=1S/C10H7F6NO/c11-9(12,13)6-1-5(3-8(17)18)2-7(4-6)10(14,15)16/h1-2,4H,3H2,(H2,17,18). The molecule has 1 aromatic carbocycles. The van der Waals surface area contributed by atoms with E-state index >= 15 is 0 Å². The number of primary amides is 1. The van der Waals surface area contributed by atoms with E-state index in [2.05, 4.69) is 0 Å². The van der Waals surface area contributed by atoms with E-state index in [1.807, 2.05) is 0 Å². The highest BCUT2D eigenvalue weighted by molar-refractivity contribution is 5.76. The topological polar surface area (TPSA) is 43.1 Å². The van der Waals surface area contributed by atoms with Gasteiger partial charge in [0.15, 0.2) is 0 Å². The first kappa shape index (κ1) is 14.3. The molecule has 0 atom stereocenters. The summed E-state index contributed by atoms with van der Waals surface area (Å²) in [6.07, 6.45) is -10.5. The summed E-state index contributed by atoms with van der Waals surface area (Å²) in [5.74, 6) is -1.01. The Hall–Kier alpha value is -1.73. The Morgan fingerprint density at radius 3 is 1.61 bits per heavy atom. The van der Waals surface area contributed by atoms with Crippen molar-refractivity contribution in [3.05, 3.63) is 34.9 Å². The maximum Gasteiger partial charge on any atom is 0.416 e. The van der Waals surface area contributed by atoms with Gasteiger partial charge in [-0.05, 0) is 23.8 Å². The van der Waals surface area contributed by atoms with E-state index in [0.29, 0.717) is 12.1 Å². The molecule has 8 heteroatoms. The Bertz CT molecular complexity index is 430. The quantitative estimate of drug-likeness (QED) is 0.826. The number of hydrogen-bond acceptors (Lipinski definition) is 1. The van der Waals surface area contributed by atoms with Crippen molar-refractivity contribution in [3.63, 3.8) is 0 Å². The lowest BCUT2D eigenvalue weighted by molar-refractivity contribution is -0.143. The van der Waals surface area contributed by atoms with Crippen LogP contribution in [0.1, 0.15) is 16.7 Å². The molecule has 0 spiro atoms. The molecule has 1 amide bonds. The van der Waals surface area contributed by atoms with Gasteiger partial charge in [-0.1, -0.05) is 0 Å². The van der Waals surface area contributed by atoms with Crippen LogP contribution in [0, 0.1) is 0 Å². The van der Waals surface area contributed by atoms with E-state index in [-0.39, 0.29) is 6.07 Å². The molecular weight excluding hydrogens is 264 g/mol. The number of alkyl halides is 6. The second-order valence-corrected chi connectivity index (χ2v) is 3.56. The molecule has 0 saturated heterocycles. The van der Waals surface area contributed by atoms with Crippen molar-refractivity contribution in [2.45, 2.75) is 18.8 Å². The van der Waals surface area contributed by atoms with Crippen LogP contribution < -0.4 is 5.73 Å². The third-order valence-corrected chi connectivity index (χ3v) is 2.03. The smallest absolute Gasteiger partial charge is 0.369 e. The fourth-order valence-corrected chi connectivity index (χ4v) is 1.32. The highest BCUT2D eigenvalue weighted by atomic mass is 19.4. The summed E-state index contributed by atoms with van der Waals surface area (Å²) in [6.45, 7) is 0. The number of hydrogen-bond donors (Lipinski definition) is 1. The Labute approximate surface area is 97.4 Å². The zero-order valence-corrected chi connectivity index (χ0v) is 8.69. The van der Waals surface area contributed by atoms with Crippen molar-refractivity contribution < 1.29 is 31.1 Å². The van der Waals surface area contributed by atoms with E-state index in [0.717, 1.165) is 0 Å². The normalized spacial score (nSPS) is 12.6. The van der Waals surface area contributed by atoms with Gasteiger partial charge in [0.25, 0.3) is 0 Å². The lowest BCUT2D eigenvalue weighted by Gasteiger charge is -2.13. The predicted molar refractivity (Wildman–Crippen MR) is 49.3 cm³/mol. The van der Waals surface area contributed by atoms with Crippen molar-refractivity contribution >= 4 is 5.91 Å². The number of carbonyl (C=O) groups excluding carboxylic acids is 1. The molecule has 0 aliphatic heterocycles.